The van der Waals surface area contributed by atoms with Gasteiger partial charge in [-0.2, -0.15) is 5.26 Å². The Hall–Kier alpha value is -1.79. The number of Topliss-reactive ketones (excluding diaryl/α,β-unsaturated/α-hetero) is 1. The molecule has 0 aliphatic heterocycles. The Morgan fingerprint density at radius 1 is 1.44 bits per heavy atom. The Kier molecular flexibility index (Phi) is 4.01. The number of H-pyrrole nitrogens is 1. The molecule has 0 saturated heterocycles. The normalized spacial score (nSPS) is 10.4. The number of benzene rings is 1. The van der Waals surface area contributed by atoms with Gasteiger partial charge in [0.2, 0.25) is 0 Å². The van der Waals surface area contributed by atoms with Gasteiger partial charge in [0.25, 0.3) is 0 Å². The van der Waals surface area contributed by atoms with Crippen molar-refractivity contribution in [3.63, 3.8) is 0 Å². The number of fused-ring (bicyclic) bond motifs is 1. The first-order chi connectivity index (χ1) is 8.76. The van der Waals surface area contributed by atoms with Crippen molar-refractivity contribution in [2.24, 2.45) is 0 Å². The van der Waals surface area contributed by atoms with Gasteiger partial charge in [-0.1, -0.05) is 6.07 Å². The van der Waals surface area contributed by atoms with Gasteiger partial charge >= 0.3 is 0 Å². The molecule has 92 valence electrons. The minimum absolute atomic E-state index is 0.0935. The SMILES string of the molecule is N#CCc1ccc2[nH]cc(C(=O)CCCCl)c2c1. The predicted octanol–water partition coefficient (Wildman–Crippen LogP) is 3.44. The summed E-state index contributed by atoms with van der Waals surface area (Å²) in [7, 11) is 0. The van der Waals surface area contributed by atoms with E-state index < -0.39 is 0 Å². The van der Waals surface area contributed by atoms with E-state index in [0.29, 0.717) is 30.7 Å². The minimum Gasteiger partial charge on any atom is -0.360 e. The molecule has 0 fully saturated rings. The number of hydrogen-bond donors (Lipinski definition) is 1. The summed E-state index contributed by atoms with van der Waals surface area (Å²) in [5.74, 6) is 0.587. The van der Waals surface area contributed by atoms with Crippen molar-refractivity contribution in [2.75, 3.05) is 5.88 Å². The average Bonchev–Trinajstić information content (AvgIpc) is 2.79. The molecule has 18 heavy (non-hydrogen) atoms. The van der Waals surface area contributed by atoms with Crippen LogP contribution in [0.3, 0.4) is 0 Å². The van der Waals surface area contributed by atoms with E-state index in [1.807, 2.05) is 18.2 Å². The van der Waals surface area contributed by atoms with Crippen LogP contribution in [-0.2, 0) is 6.42 Å². The number of rotatable bonds is 5. The average molecular weight is 261 g/mol. The van der Waals surface area contributed by atoms with Gasteiger partial charge in [0.05, 0.1) is 12.5 Å². The van der Waals surface area contributed by atoms with Gasteiger partial charge in [-0.05, 0) is 24.1 Å². The number of aromatic nitrogens is 1. The zero-order valence-electron chi connectivity index (χ0n) is 9.87. The van der Waals surface area contributed by atoms with E-state index in [9.17, 15) is 4.79 Å². The zero-order valence-corrected chi connectivity index (χ0v) is 10.6. The number of aromatic amines is 1. The first kappa shape index (κ1) is 12.7. The van der Waals surface area contributed by atoms with Crippen LogP contribution < -0.4 is 0 Å². The van der Waals surface area contributed by atoms with E-state index in [-0.39, 0.29) is 5.78 Å². The van der Waals surface area contributed by atoms with Crippen molar-refractivity contribution in [1.82, 2.24) is 4.98 Å². The predicted molar refractivity (Wildman–Crippen MR) is 71.9 cm³/mol. The molecule has 0 amide bonds. The van der Waals surface area contributed by atoms with Crippen LogP contribution in [0.1, 0.15) is 28.8 Å². The van der Waals surface area contributed by atoms with Crippen LogP contribution in [0.15, 0.2) is 24.4 Å². The molecule has 1 N–H and O–H groups in total. The Morgan fingerprint density at radius 2 is 2.28 bits per heavy atom. The van der Waals surface area contributed by atoms with Crippen LogP contribution in [0.4, 0.5) is 0 Å². The Labute approximate surface area is 110 Å². The third-order valence-electron chi connectivity index (χ3n) is 2.87. The molecule has 0 radical (unpaired) electrons. The summed E-state index contributed by atoms with van der Waals surface area (Å²) in [5.41, 5.74) is 2.54. The number of halogens is 1. The molecule has 2 aromatic rings. The molecule has 0 saturated carbocycles. The van der Waals surface area contributed by atoms with E-state index >= 15 is 0 Å². The second-order valence-electron chi connectivity index (χ2n) is 4.13. The molecular formula is C14H13ClN2O. The van der Waals surface area contributed by atoms with Crippen LogP contribution in [0.5, 0.6) is 0 Å². The standard InChI is InChI=1S/C14H13ClN2O/c15-6-1-2-14(18)12-9-17-13-4-3-10(5-7-16)8-11(12)13/h3-4,8-9,17H,1-2,5-6H2. The first-order valence-corrected chi connectivity index (χ1v) is 6.36. The largest absolute Gasteiger partial charge is 0.360 e. The second kappa shape index (κ2) is 5.70. The molecular weight excluding hydrogens is 248 g/mol. The number of nitrogens with one attached hydrogen (secondary N) is 1. The number of alkyl halides is 1. The first-order valence-electron chi connectivity index (χ1n) is 5.82. The zero-order chi connectivity index (χ0) is 13.0. The molecule has 0 atom stereocenters. The molecule has 0 bridgehead atoms. The maximum absolute atomic E-state index is 12.0. The van der Waals surface area contributed by atoms with E-state index in [2.05, 4.69) is 11.1 Å². The number of carbonyl (C=O) groups excluding carboxylic acids is 1. The maximum atomic E-state index is 12.0. The number of nitrogens with zero attached hydrogens (tertiary/aromatic N) is 1. The van der Waals surface area contributed by atoms with Crippen molar-refractivity contribution < 1.29 is 4.79 Å². The van der Waals surface area contributed by atoms with Crippen molar-refractivity contribution in [3.8, 4) is 6.07 Å². The highest BCUT2D eigenvalue weighted by Gasteiger charge is 2.11. The van der Waals surface area contributed by atoms with E-state index in [4.69, 9.17) is 16.9 Å². The minimum atomic E-state index is 0.0935. The Morgan fingerprint density at radius 3 is 3.00 bits per heavy atom. The molecule has 1 aromatic carbocycles. The fraction of sp³-hybridized carbons (Fsp3) is 0.286. The van der Waals surface area contributed by atoms with Crippen LogP contribution >= 0.6 is 11.6 Å². The van der Waals surface area contributed by atoms with Crippen molar-refractivity contribution in [3.05, 3.63) is 35.5 Å². The second-order valence-corrected chi connectivity index (χ2v) is 4.51. The van der Waals surface area contributed by atoms with Gasteiger partial charge in [-0.3, -0.25) is 4.79 Å². The lowest BCUT2D eigenvalue weighted by Crippen LogP contribution is -1.98. The lowest BCUT2D eigenvalue weighted by Gasteiger charge is -1.99. The monoisotopic (exact) mass is 260 g/mol. The summed E-state index contributed by atoms with van der Waals surface area (Å²) in [5, 5.41) is 9.59. The highest BCUT2D eigenvalue weighted by Crippen LogP contribution is 2.22. The van der Waals surface area contributed by atoms with Crippen molar-refractivity contribution >= 4 is 28.3 Å². The van der Waals surface area contributed by atoms with E-state index in [1.165, 1.54) is 0 Å². The smallest absolute Gasteiger partial charge is 0.165 e. The lowest BCUT2D eigenvalue weighted by atomic mass is 10.0. The van der Waals surface area contributed by atoms with Gasteiger partial charge in [0.1, 0.15) is 0 Å². The fourth-order valence-electron chi connectivity index (χ4n) is 1.96. The summed E-state index contributed by atoms with van der Waals surface area (Å²) >= 11 is 5.60. The molecule has 0 aliphatic carbocycles. The summed E-state index contributed by atoms with van der Waals surface area (Å²) in [6.07, 6.45) is 3.23. The number of nitriles is 1. The van der Waals surface area contributed by atoms with Gasteiger partial charge in [-0.25, -0.2) is 0 Å². The molecule has 1 aromatic heterocycles. The highest BCUT2D eigenvalue weighted by molar-refractivity contribution is 6.18. The van der Waals surface area contributed by atoms with Crippen molar-refractivity contribution in [2.45, 2.75) is 19.3 Å². The van der Waals surface area contributed by atoms with Gasteiger partial charge < -0.3 is 4.98 Å². The third-order valence-corrected chi connectivity index (χ3v) is 3.13. The van der Waals surface area contributed by atoms with Gasteiger partial charge in [0, 0.05) is 35.0 Å². The summed E-state index contributed by atoms with van der Waals surface area (Å²) in [4.78, 5) is 15.1. The quantitative estimate of drug-likeness (QED) is 0.661. The van der Waals surface area contributed by atoms with E-state index in [0.717, 1.165) is 16.5 Å². The summed E-state index contributed by atoms with van der Waals surface area (Å²) < 4.78 is 0. The van der Waals surface area contributed by atoms with Crippen LogP contribution in [-0.4, -0.2) is 16.6 Å². The fourth-order valence-corrected chi connectivity index (χ4v) is 2.10. The van der Waals surface area contributed by atoms with Crippen molar-refractivity contribution in [1.29, 1.82) is 5.26 Å². The molecule has 0 spiro atoms. The third kappa shape index (κ3) is 2.55. The van der Waals surface area contributed by atoms with E-state index in [1.54, 1.807) is 6.20 Å². The Bertz CT molecular complexity index is 610. The number of ketones is 1. The maximum Gasteiger partial charge on any atom is 0.165 e. The number of hydrogen-bond acceptors (Lipinski definition) is 2. The van der Waals surface area contributed by atoms with Gasteiger partial charge in [0.15, 0.2) is 5.78 Å². The highest BCUT2D eigenvalue weighted by atomic mass is 35.5. The number of carbonyl (C=O) groups is 1. The Balaban J connectivity index is 2.36. The van der Waals surface area contributed by atoms with Crippen LogP contribution in [0.2, 0.25) is 0 Å². The lowest BCUT2D eigenvalue weighted by molar-refractivity contribution is 0.0983. The van der Waals surface area contributed by atoms with Gasteiger partial charge in [-0.15, -0.1) is 11.6 Å². The van der Waals surface area contributed by atoms with Crippen LogP contribution in [0.25, 0.3) is 10.9 Å². The molecule has 0 unspecified atom stereocenters. The molecule has 2 rings (SSSR count). The van der Waals surface area contributed by atoms with Crippen LogP contribution in [0, 0.1) is 11.3 Å². The summed E-state index contributed by atoms with van der Waals surface area (Å²) in [6.45, 7) is 0. The molecule has 0 aliphatic rings. The molecule has 3 nitrogen and oxygen atoms in total. The molecule has 1 heterocycles. The summed E-state index contributed by atoms with van der Waals surface area (Å²) in [6, 6.07) is 7.82. The topological polar surface area (TPSA) is 56.6 Å². The molecule has 4 heteroatoms.